The molecule has 0 atom stereocenters. The third kappa shape index (κ3) is 19.2. The Kier molecular flexibility index (Phi) is 23.0. The Morgan fingerprint density at radius 1 is 0.627 bits per heavy atom. The standard InChI is InChI=1S/C32H35ClN4O3.C19H21ClN4.C12H15NO4.BH.U/c1-32(2,3)40-31(39)36-24-9-6-8-22(18-24)28(38)17-20-11-14-23(15-12-20)35-30-34-19-27(33)29(37-30)26-16-13-21-7-4-5-10-25(21)26;20-17-11-22-19(23-14-8-6-13(21)7-9-14)24-18(17)16-10-5-12-3-1-2-4-15(12)16;1-12(2,3)17-11(16)13-9-6-4-5-8(7-9)10(14)15;;/h4-10,16,18-20,23H,11-15,17H2,1-3H3,(H,36,39)(H,34,35,37);1-4,10-11,13-14H,5-9,21H2,(H,22,23,24);4-7H,1-3H3,(H,13,16)(H,14,15);1H;/i;;;1T;. The minimum Gasteiger partial charge on any atom is -0.478 e. The van der Waals surface area contributed by atoms with Crippen LogP contribution in [-0.2, 0) is 22.3 Å². The molecule has 4 aliphatic carbocycles. The molecule has 0 unspecified atom stereocenters. The third-order valence-corrected chi connectivity index (χ3v) is 14.6. The Hall–Kier alpha value is -6.54. The average Bonchev–Trinajstić information content (AvgIpc) is 2.72. The van der Waals surface area contributed by atoms with Gasteiger partial charge in [-0.1, -0.05) is 102 Å². The quantitative estimate of drug-likeness (QED) is 0.0494. The maximum atomic E-state index is 13.0. The van der Waals surface area contributed by atoms with Gasteiger partial charge in [0, 0.05) is 92.1 Å². The monoisotopic (exact) mass is 1390 g/mol. The Morgan fingerprint density at radius 2 is 1.05 bits per heavy atom. The molecule has 4 aliphatic rings. The van der Waals surface area contributed by atoms with Crippen molar-refractivity contribution in [3.8, 4) is 0 Å². The van der Waals surface area contributed by atoms with Gasteiger partial charge in [-0.3, -0.25) is 15.4 Å². The molecule has 0 aliphatic heterocycles. The molecule has 20 heteroatoms. The summed E-state index contributed by atoms with van der Waals surface area (Å²) in [5.74, 6) is 0.589. The third-order valence-electron chi connectivity index (χ3n) is 14.0. The molecule has 4 aromatic carbocycles. The molecule has 2 saturated carbocycles. The first-order valence-corrected chi connectivity index (χ1v) is 28.3. The largest absolute Gasteiger partial charge is 0.478 e. The molecule has 6 aromatic rings. The van der Waals surface area contributed by atoms with Crippen molar-refractivity contribution >= 4 is 89.9 Å². The van der Waals surface area contributed by atoms with Crippen molar-refractivity contribution in [2.24, 2.45) is 11.7 Å². The minimum atomic E-state index is -1.04. The number of rotatable bonds is 12. The molecule has 432 valence electrons. The summed E-state index contributed by atoms with van der Waals surface area (Å²) in [6.45, 7) is 10.7. The van der Waals surface area contributed by atoms with Crippen LogP contribution in [0.1, 0.15) is 154 Å². The van der Waals surface area contributed by atoms with Crippen LogP contribution in [0.15, 0.2) is 122 Å². The van der Waals surface area contributed by atoms with Gasteiger partial charge in [0.2, 0.25) is 11.9 Å². The number of hydrogen-bond donors (Lipinski definition) is 6. The van der Waals surface area contributed by atoms with E-state index in [9.17, 15) is 19.2 Å². The topological polar surface area (TPSA) is 233 Å². The molecule has 2 radical (unpaired) electrons. The smallest absolute Gasteiger partial charge is 0.412 e. The fourth-order valence-corrected chi connectivity index (χ4v) is 10.5. The number of ether oxygens (including phenoxy) is 2. The molecule has 2 fully saturated rings. The van der Waals surface area contributed by atoms with Crippen LogP contribution >= 0.6 is 23.2 Å². The van der Waals surface area contributed by atoms with Crippen LogP contribution in [0.4, 0.5) is 32.9 Å². The molecule has 0 bridgehead atoms. The molecular weight excluding hydrogens is 1310 g/mol. The maximum absolute atomic E-state index is 13.0. The summed E-state index contributed by atoms with van der Waals surface area (Å²) in [6, 6.07) is 30.7. The number of fused-ring (bicyclic) bond motifs is 2. The van der Waals surface area contributed by atoms with Crippen LogP contribution in [0.25, 0.3) is 11.1 Å². The number of carboxylic acid groups (broad SMARTS) is 1. The summed E-state index contributed by atoms with van der Waals surface area (Å²) in [5.41, 5.74) is 15.2. The number of benzene rings is 4. The number of ketones is 1. The van der Waals surface area contributed by atoms with E-state index in [4.69, 9.17) is 54.8 Å². The van der Waals surface area contributed by atoms with Gasteiger partial charge in [0.05, 0.1) is 39.4 Å². The van der Waals surface area contributed by atoms with Crippen molar-refractivity contribution < 1.29 is 64.9 Å². The van der Waals surface area contributed by atoms with Gasteiger partial charge in [-0.2, -0.15) is 0 Å². The molecule has 0 saturated heterocycles. The molecular formula is C63H72BCl2N9O7U. The second-order valence-electron chi connectivity index (χ2n) is 22.7. The number of hydrogen-bond acceptors (Lipinski definition) is 13. The summed E-state index contributed by atoms with van der Waals surface area (Å²) >= 11 is 12.9. The molecule has 16 nitrogen and oxygen atoms in total. The first kappa shape index (κ1) is 64.0. The predicted octanol–water partition coefficient (Wildman–Crippen LogP) is 13.6. The summed E-state index contributed by atoms with van der Waals surface area (Å²) in [7, 11) is 3.75. The molecule has 0 spiro atoms. The number of nitrogens with zero attached hydrogens (tertiary/aromatic N) is 4. The van der Waals surface area contributed by atoms with Crippen molar-refractivity contribution in [2.45, 2.75) is 141 Å². The fraction of sp³-hybridized carbons (Fsp3) is 0.365. The van der Waals surface area contributed by atoms with Crippen LogP contribution in [0, 0.1) is 37.0 Å². The summed E-state index contributed by atoms with van der Waals surface area (Å²) in [6.07, 6.45) is 16.9. The predicted molar refractivity (Wildman–Crippen MR) is 327 cm³/mol. The molecule has 83 heavy (non-hydrogen) atoms. The summed E-state index contributed by atoms with van der Waals surface area (Å²) < 4.78 is 15.6. The van der Waals surface area contributed by atoms with Gasteiger partial charge in [-0.25, -0.2) is 34.3 Å². The van der Waals surface area contributed by atoms with E-state index in [0.717, 1.165) is 86.7 Å². The number of allylic oxidation sites excluding steroid dienone is 2. The van der Waals surface area contributed by atoms with Gasteiger partial charge in [0.1, 0.15) is 11.2 Å². The summed E-state index contributed by atoms with van der Waals surface area (Å²) in [4.78, 5) is 65.6. The van der Waals surface area contributed by atoms with Crippen molar-refractivity contribution in [3.63, 3.8) is 0 Å². The Labute approximate surface area is 523 Å². The first-order chi connectivity index (χ1) is 39.6. The van der Waals surface area contributed by atoms with E-state index in [0.29, 0.717) is 63.3 Å². The second kappa shape index (κ2) is 29.8. The zero-order valence-electron chi connectivity index (χ0n) is 48.7. The van der Waals surface area contributed by atoms with E-state index >= 15 is 0 Å². The van der Waals surface area contributed by atoms with Gasteiger partial charge < -0.3 is 30.9 Å². The van der Waals surface area contributed by atoms with Crippen LogP contribution < -0.4 is 27.0 Å². The van der Waals surface area contributed by atoms with E-state index in [1.165, 1.54) is 34.4 Å². The number of halogens is 2. The van der Waals surface area contributed by atoms with Crippen molar-refractivity contribution in [1.29, 1.82) is 1.34 Å². The Morgan fingerprint density at radius 3 is 1.49 bits per heavy atom. The molecule has 2 amide bonds. The van der Waals surface area contributed by atoms with Gasteiger partial charge in [-0.05, 0) is 166 Å². The number of carboxylic acids is 1. The zero-order valence-corrected chi connectivity index (χ0v) is 53.4. The normalized spacial score (nSPS) is 17.8. The number of carbonyl (C=O) groups excluding carboxylic acids is 3. The van der Waals surface area contributed by atoms with Crippen LogP contribution in [-0.4, -0.2) is 88.0 Å². The van der Waals surface area contributed by atoms with Gasteiger partial charge in [0.15, 0.2) is 5.78 Å². The fourth-order valence-electron chi connectivity index (χ4n) is 10.1. The molecule has 2 heterocycles. The number of anilines is 4. The number of amides is 2. The number of Topliss-reactive ketones (excluding diaryl/α,β-unsaturated/α-hetero) is 1. The van der Waals surface area contributed by atoms with Gasteiger partial charge >= 0.3 is 18.2 Å². The Balaban J connectivity index is 0.000000218. The van der Waals surface area contributed by atoms with Gasteiger partial charge in [-0.15, -0.1) is 0 Å². The number of nitrogens with one attached hydrogen (secondary N) is 4. The zero-order chi connectivity index (χ0) is 59.8. The van der Waals surface area contributed by atoms with E-state index < -0.39 is 29.4 Å². The van der Waals surface area contributed by atoms with Crippen molar-refractivity contribution in [1.82, 2.24) is 19.9 Å². The molecule has 7 N–H and O–H groups in total. The van der Waals surface area contributed by atoms with Gasteiger partial charge in [0.25, 0.3) is 0 Å². The van der Waals surface area contributed by atoms with E-state index in [2.05, 4.69) is 94.2 Å². The number of aromatic carboxylic acids is 1. The summed E-state index contributed by atoms with van der Waals surface area (Å²) in [5, 5.41) is 22.1. The van der Waals surface area contributed by atoms with Crippen molar-refractivity contribution in [3.05, 3.63) is 176 Å². The van der Waals surface area contributed by atoms with E-state index in [1.807, 2.05) is 26.8 Å². The van der Waals surface area contributed by atoms with Crippen LogP contribution in [0.5, 0.6) is 0 Å². The molecule has 2 aromatic heterocycles. The Bertz CT molecular complexity index is 3320. The van der Waals surface area contributed by atoms with Crippen LogP contribution in [0.2, 0.25) is 10.0 Å². The van der Waals surface area contributed by atoms with E-state index in [1.54, 1.807) is 69.6 Å². The SMILES string of the molecule is CC(C)(C)OC(=O)Nc1cccc(C(=O)CC2CCC(Nc3ncc(Cl)c(C4=CCc5ccccc54)n3)CC2)c1.CC(C)(C)OC(=O)Nc1cccc(C(=O)O)c1.NC1CCC(Nc2ncc(Cl)c(C3=CCc4ccccc43)n2)CC1.[3H][B].[U]. The number of nitrogens with two attached hydrogens (primary N) is 1. The van der Waals surface area contributed by atoms with E-state index in [-0.39, 0.29) is 48.5 Å². The molecule has 10 rings (SSSR count). The second-order valence-corrected chi connectivity index (χ2v) is 23.5. The average molecular weight is 1390 g/mol. The maximum Gasteiger partial charge on any atom is 0.412 e. The van der Waals surface area contributed by atoms with Crippen molar-refractivity contribution in [2.75, 3.05) is 21.3 Å². The van der Waals surface area contributed by atoms with Crippen LogP contribution in [0.3, 0.4) is 0 Å². The number of aromatic nitrogens is 4. The first-order valence-electron chi connectivity index (χ1n) is 28.1. The minimum absolute atomic E-state index is 0. The number of carbonyl (C=O) groups is 4.